The van der Waals surface area contributed by atoms with Gasteiger partial charge in [-0.1, -0.05) is 27.2 Å². The van der Waals surface area contributed by atoms with E-state index in [0.717, 1.165) is 19.4 Å². The van der Waals surface area contributed by atoms with Crippen LogP contribution in [-0.4, -0.2) is 28.5 Å². The molecule has 0 bridgehead atoms. The smallest absolute Gasteiger partial charge is 0.272 e. The predicted octanol–water partition coefficient (Wildman–Crippen LogP) is 2.56. The Hall–Kier alpha value is -1.65. The van der Waals surface area contributed by atoms with Gasteiger partial charge in [-0.25, -0.2) is 9.97 Å². The average Bonchev–Trinajstić information content (AvgIpc) is 3.17. The van der Waals surface area contributed by atoms with Gasteiger partial charge in [0.1, 0.15) is 5.82 Å². The molecule has 1 aromatic heterocycles. The zero-order chi connectivity index (χ0) is 14.7. The summed E-state index contributed by atoms with van der Waals surface area (Å²) < 4.78 is 0. The Morgan fingerprint density at radius 1 is 1.45 bits per heavy atom. The van der Waals surface area contributed by atoms with Gasteiger partial charge in [0.25, 0.3) is 5.91 Å². The first-order valence-corrected chi connectivity index (χ1v) is 7.48. The quantitative estimate of drug-likeness (QED) is 0.838. The van der Waals surface area contributed by atoms with E-state index in [-0.39, 0.29) is 11.8 Å². The van der Waals surface area contributed by atoms with Gasteiger partial charge >= 0.3 is 0 Å². The molecule has 0 radical (unpaired) electrons. The molecule has 0 aliphatic heterocycles. The first-order valence-electron chi connectivity index (χ1n) is 7.48. The van der Waals surface area contributed by atoms with Gasteiger partial charge < -0.3 is 10.6 Å². The fourth-order valence-corrected chi connectivity index (χ4v) is 2.28. The highest BCUT2D eigenvalue weighted by atomic mass is 16.2. The van der Waals surface area contributed by atoms with E-state index in [1.165, 1.54) is 0 Å². The number of hydrogen-bond donors (Lipinski definition) is 2. The molecule has 1 aliphatic rings. The van der Waals surface area contributed by atoms with Crippen LogP contribution in [0.3, 0.4) is 0 Å². The number of carbonyl (C=O) groups excluding carboxylic acids is 1. The molecule has 2 atom stereocenters. The molecule has 0 spiro atoms. The Labute approximate surface area is 120 Å². The third-order valence-corrected chi connectivity index (χ3v) is 3.67. The number of rotatable bonds is 6. The molecule has 1 amide bonds. The standard InChI is InChI=1S/C15H24N4O/c1-5-10-7-11(10)18-15(20)13-12(16-6-2)8-17-14(19-13)9(3)4/h8-11,16H,5-7H2,1-4H3,(H,18,20). The highest BCUT2D eigenvalue weighted by Gasteiger charge is 2.37. The van der Waals surface area contributed by atoms with Crippen LogP contribution in [0, 0.1) is 5.92 Å². The largest absolute Gasteiger partial charge is 0.382 e. The maximum atomic E-state index is 12.4. The minimum absolute atomic E-state index is 0.0915. The van der Waals surface area contributed by atoms with Crippen molar-refractivity contribution in [1.29, 1.82) is 0 Å². The second kappa shape index (κ2) is 6.20. The number of hydrogen-bond acceptors (Lipinski definition) is 4. The summed E-state index contributed by atoms with van der Waals surface area (Å²) in [6.45, 7) is 8.94. The van der Waals surface area contributed by atoms with Crippen molar-refractivity contribution in [3.63, 3.8) is 0 Å². The zero-order valence-electron chi connectivity index (χ0n) is 12.7. The summed E-state index contributed by atoms with van der Waals surface area (Å²) in [6, 6.07) is 0.319. The van der Waals surface area contributed by atoms with Gasteiger partial charge in [0.05, 0.1) is 11.9 Å². The molecule has 0 aromatic carbocycles. The molecule has 1 aromatic rings. The van der Waals surface area contributed by atoms with E-state index in [2.05, 4.69) is 27.5 Å². The maximum Gasteiger partial charge on any atom is 0.272 e. The van der Waals surface area contributed by atoms with Crippen LogP contribution >= 0.6 is 0 Å². The molecular weight excluding hydrogens is 252 g/mol. The summed E-state index contributed by atoms with van der Waals surface area (Å²) in [7, 11) is 0. The lowest BCUT2D eigenvalue weighted by molar-refractivity contribution is 0.0944. The summed E-state index contributed by atoms with van der Waals surface area (Å²) in [4.78, 5) is 21.1. The molecule has 5 heteroatoms. The molecule has 2 rings (SSSR count). The van der Waals surface area contributed by atoms with Gasteiger partial charge in [0.2, 0.25) is 0 Å². The molecule has 110 valence electrons. The minimum Gasteiger partial charge on any atom is -0.382 e. The van der Waals surface area contributed by atoms with Crippen molar-refractivity contribution in [2.75, 3.05) is 11.9 Å². The van der Waals surface area contributed by atoms with E-state index < -0.39 is 0 Å². The van der Waals surface area contributed by atoms with Crippen LogP contribution in [0.25, 0.3) is 0 Å². The number of aromatic nitrogens is 2. The fraction of sp³-hybridized carbons (Fsp3) is 0.667. The molecule has 20 heavy (non-hydrogen) atoms. The van der Waals surface area contributed by atoms with Crippen LogP contribution < -0.4 is 10.6 Å². The number of carbonyl (C=O) groups is 1. The third kappa shape index (κ3) is 3.26. The Morgan fingerprint density at radius 2 is 2.20 bits per heavy atom. The fourth-order valence-electron chi connectivity index (χ4n) is 2.28. The minimum atomic E-state index is -0.0915. The van der Waals surface area contributed by atoms with Gasteiger partial charge in [-0.15, -0.1) is 0 Å². The van der Waals surface area contributed by atoms with E-state index in [4.69, 9.17) is 0 Å². The molecule has 2 N–H and O–H groups in total. The monoisotopic (exact) mass is 276 g/mol. The van der Waals surface area contributed by atoms with E-state index >= 15 is 0 Å². The van der Waals surface area contributed by atoms with E-state index in [0.29, 0.717) is 29.2 Å². The Morgan fingerprint density at radius 3 is 2.75 bits per heavy atom. The van der Waals surface area contributed by atoms with Crippen molar-refractivity contribution < 1.29 is 4.79 Å². The molecule has 2 unspecified atom stereocenters. The molecule has 0 saturated heterocycles. The van der Waals surface area contributed by atoms with Gasteiger partial charge in [-0.3, -0.25) is 4.79 Å². The summed E-state index contributed by atoms with van der Waals surface area (Å²) >= 11 is 0. The van der Waals surface area contributed by atoms with Crippen molar-refractivity contribution in [3.05, 3.63) is 17.7 Å². The molecule has 5 nitrogen and oxygen atoms in total. The van der Waals surface area contributed by atoms with E-state index in [1.54, 1.807) is 6.20 Å². The summed E-state index contributed by atoms with van der Waals surface area (Å²) in [5.41, 5.74) is 1.18. The lowest BCUT2D eigenvalue weighted by Crippen LogP contribution is -2.29. The highest BCUT2D eigenvalue weighted by molar-refractivity contribution is 5.97. The van der Waals surface area contributed by atoms with Crippen LogP contribution in [0.1, 0.15) is 62.8 Å². The Kier molecular flexibility index (Phi) is 4.57. The molecular formula is C15H24N4O. The number of nitrogens with zero attached hydrogens (tertiary/aromatic N) is 2. The number of amides is 1. The summed E-state index contributed by atoms with van der Waals surface area (Å²) in [5.74, 6) is 1.46. The summed E-state index contributed by atoms with van der Waals surface area (Å²) in [6.07, 6.45) is 3.91. The first-order chi connectivity index (χ1) is 9.56. The van der Waals surface area contributed by atoms with Crippen molar-refractivity contribution in [2.24, 2.45) is 5.92 Å². The predicted molar refractivity (Wildman–Crippen MR) is 79.9 cm³/mol. The maximum absolute atomic E-state index is 12.4. The lowest BCUT2D eigenvalue weighted by atomic mass is 10.2. The van der Waals surface area contributed by atoms with Gasteiger partial charge in [-0.2, -0.15) is 0 Å². The van der Waals surface area contributed by atoms with Crippen molar-refractivity contribution >= 4 is 11.6 Å². The van der Waals surface area contributed by atoms with Gasteiger partial charge in [-0.05, 0) is 19.3 Å². The van der Waals surface area contributed by atoms with Gasteiger partial charge in [0.15, 0.2) is 5.69 Å². The van der Waals surface area contributed by atoms with Crippen LogP contribution in [0.5, 0.6) is 0 Å². The molecule has 1 heterocycles. The number of nitrogens with one attached hydrogen (secondary N) is 2. The van der Waals surface area contributed by atoms with Crippen LogP contribution in [0.2, 0.25) is 0 Å². The van der Waals surface area contributed by atoms with Crippen molar-refractivity contribution in [2.45, 2.75) is 52.5 Å². The second-order valence-corrected chi connectivity index (χ2v) is 5.66. The molecule has 1 saturated carbocycles. The molecule has 1 fully saturated rings. The van der Waals surface area contributed by atoms with Crippen molar-refractivity contribution in [3.8, 4) is 0 Å². The normalized spacial score (nSPS) is 20.9. The second-order valence-electron chi connectivity index (χ2n) is 5.66. The third-order valence-electron chi connectivity index (χ3n) is 3.67. The van der Waals surface area contributed by atoms with Crippen LogP contribution in [0.15, 0.2) is 6.20 Å². The van der Waals surface area contributed by atoms with Crippen molar-refractivity contribution in [1.82, 2.24) is 15.3 Å². The zero-order valence-corrected chi connectivity index (χ0v) is 12.7. The number of anilines is 1. The lowest BCUT2D eigenvalue weighted by Gasteiger charge is -2.12. The van der Waals surface area contributed by atoms with E-state index in [1.807, 2.05) is 20.8 Å². The molecule has 1 aliphatic carbocycles. The topological polar surface area (TPSA) is 66.9 Å². The highest BCUT2D eigenvalue weighted by Crippen LogP contribution is 2.33. The Bertz CT molecular complexity index is 487. The summed E-state index contributed by atoms with van der Waals surface area (Å²) in [5, 5.41) is 6.22. The Balaban J connectivity index is 2.18. The van der Waals surface area contributed by atoms with Crippen LogP contribution in [-0.2, 0) is 0 Å². The van der Waals surface area contributed by atoms with Crippen LogP contribution in [0.4, 0.5) is 5.69 Å². The average molecular weight is 276 g/mol. The first kappa shape index (κ1) is 14.8. The SMILES string of the molecule is CCNc1cnc(C(C)C)nc1C(=O)NC1CC1CC. The van der Waals surface area contributed by atoms with Gasteiger partial charge in [0, 0.05) is 18.5 Å². The van der Waals surface area contributed by atoms with E-state index in [9.17, 15) is 4.79 Å².